The Morgan fingerprint density at radius 3 is 2.50 bits per heavy atom. The molecule has 2 heteroatoms. The van der Waals surface area contributed by atoms with Crippen LogP contribution in [-0.2, 0) is 9.53 Å². The number of allylic oxidation sites excluding steroid dienone is 2. The zero-order valence-corrected chi connectivity index (χ0v) is 14.2. The van der Waals surface area contributed by atoms with Gasteiger partial charge in [-0.2, -0.15) is 0 Å². The lowest BCUT2D eigenvalue weighted by molar-refractivity contribution is -0.142. The Morgan fingerprint density at radius 1 is 1.30 bits per heavy atom. The summed E-state index contributed by atoms with van der Waals surface area (Å²) in [4.78, 5) is 10.8. The van der Waals surface area contributed by atoms with Crippen LogP contribution in [0.15, 0.2) is 11.1 Å². The van der Waals surface area contributed by atoms with Crippen LogP contribution in [0, 0.1) is 17.3 Å². The molecular formula is C18H32O2. The van der Waals surface area contributed by atoms with Gasteiger partial charge in [0.1, 0.15) is 0 Å². The molecular weight excluding hydrogens is 248 g/mol. The fraction of sp³-hybridized carbons (Fsp3) is 0.833. The van der Waals surface area contributed by atoms with Gasteiger partial charge < -0.3 is 4.74 Å². The third-order valence-electron chi connectivity index (χ3n) is 4.61. The zero-order valence-electron chi connectivity index (χ0n) is 14.2. The normalized spacial score (nSPS) is 21.5. The van der Waals surface area contributed by atoms with Crippen molar-refractivity contribution in [2.75, 3.05) is 6.61 Å². The molecule has 0 saturated carbocycles. The minimum absolute atomic E-state index is 0.170. The number of hydrogen-bond acceptors (Lipinski definition) is 2. The van der Waals surface area contributed by atoms with Gasteiger partial charge in [-0.3, -0.25) is 4.79 Å². The van der Waals surface area contributed by atoms with Crippen LogP contribution in [0.1, 0.15) is 73.6 Å². The minimum Gasteiger partial charge on any atom is -0.466 e. The van der Waals surface area contributed by atoms with Crippen molar-refractivity contribution in [3.8, 4) is 0 Å². The highest BCUT2D eigenvalue weighted by molar-refractivity contribution is 5.65. The van der Waals surface area contributed by atoms with Gasteiger partial charge in [0.25, 0.3) is 0 Å². The SMILES string of the molecule is CC(=O)OCC(C)CC(C)CC1=C(C)CCCC1(C)C. The molecule has 0 aromatic carbocycles. The van der Waals surface area contributed by atoms with Gasteiger partial charge in [-0.05, 0) is 56.3 Å². The molecule has 0 heterocycles. The molecule has 0 amide bonds. The summed E-state index contributed by atoms with van der Waals surface area (Å²) in [6.45, 7) is 13.6. The van der Waals surface area contributed by atoms with Crippen molar-refractivity contribution in [1.29, 1.82) is 0 Å². The molecule has 0 saturated heterocycles. The molecule has 0 bridgehead atoms. The van der Waals surface area contributed by atoms with E-state index in [-0.39, 0.29) is 5.97 Å². The highest BCUT2D eigenvalue weighted by Crippen LogP contribution is 2.43. The van der Waals surface area contributed by atoms with Crippen LogP contribution in [0.4, 0.5) is 0 Å². The van der Waals surface area contributed by atoms with Crippen molar-refractivity contribution in [3.63, 3.8) is 0 Å². The number of carbonyl (C=O) groups excluding carboxylic acids is 1. The van der Waals surface area contributed by atoms with E-state index in [4.69, 9.17) is 4.74 Å². The molecule has 0 radical (unpaired) electrons. The van der Waals surface area contributed by atoms with Crippen LogP contribution in [0.5, 0.6) is 0 Å². The first-order chi connectivity index (χ1) is 9.22. The second-order valence-electron chi connectivity index (χ2n) is 7.45. The van der Waals surface area contributed by atoms with Crippen molar-refractivity contribution in [2.24, 2.45) is 17.3 Å². The van der Waals surface area contributed by atoms with Crippen LogP contribution in [0.2, 0.25) is 0 Å². The molecule has 0 aromatic rings. The number of rotatable bonds is 6. The van der Waals surface area contributed by atoms with Crippen molar-refractivity contribution in [1.82, 2.24) is 0 Å². The topological polar surface area (TPSA) is 26.3 Å². The van der Waals surface area contributed by atoms with E-state index in [0.29, 0.717) is 23.9 Å². The third kappa shape index (κ3) is 5.30. The van der Waals surface area contributed by atoms with Gasteiger partial charge in [0.2, 0.25) is 0 Å². The lowest BCUT2D eigenvalue weighted by Gasteiger charge is -2.36. The molecule has 0 N–H and O–H groups in total. The average Bonchev–Trinajstić information content (AvgIpc) is 2.31. The monoisotopic (exact) mass is 280 g/mol. The first-order valence-corrected chi connectivity index (χ1v) is 8.05. The summed E-state index contributed by atoms with van der Waals surface area (Å²) in [5.74, 6) is 0.931. The van der Waals surface area contributed by atoms with E-state index >= 15 is 0 Å². The highest BCUT2D eigenvalue weighted by atomic mass is 16.5. The average molecular weight is 280 g/mol. The Kier molecular flexibility index (Phi) is 6.29. The number of carbonyl (C=O) groups is 1. The quantitative estimate of drug-likeness (QED) is 0.498. The molecule has 1 aliphatic carbocycles. The Hall–Kier alpha value is -0.790. The molecule has 0 fully saturated rings. The first kappa shape index (κ1) is 17.3. The van der Waals surface area contributed by atoms with Crippen LogP contribution in [-0.4, -0.2) is 12.6 Å². The van der Waals surface area contributed by atoms with Crippen molar-refractivity contribution < 1.29 is 9.53 Å². The number of hydrogen-bond donors (Lipinski definition) is 0. The Morgan fingerprint density at radius 2 is 1.95 bits per heavy atom. The summed E-state index contributed by atoms with van der Waals surface area (Å²) in [6, 6.07) is 0. The van der Waals surface area contributed by atoms with Gasteiger partial charge in [0.05, 0.1) is 6.61 Å². The third-order valence-corrected chi connectivity index (χ3v) is 4.61. The van der Waals surface area contributed by atoms with E-state index < -0.39 is 0 Å². The fourth-order valence-electron chi connectivity index (χ4n) is 3.57. The van der Waals surface area contributed by atoms with Crippen LogP contribution >= 0.6 is 0 Å². The van der Waals surface area contributed by atoms with Crippen molar-refractivity contribution in [2.45, 2.75) is 73.6 Å². The Balaban J connectivity index is 2.52. The molecule has 0 aliphatic heterocycles. The molecule has 116 valence electrons. The largest absolute Gasteiger partial charge is 0.466 e. The maximum Gasteiger partial charge on any atom is 0.302 e. The zero-order chi connectivity index (χ0) is 15.3. The summed E-state index contributed by atoms with van der Waals surface area (Å²) in [5.41, 5.74) is 3.66. The van der Waals surface area contributed by atoms with E-state index in [9.17, 15) is 4.79 Å². The number of esters is 1. The molecule has 2 atom stereocenters. The summed E-state index contributed by atoms with van der Waals surface area (Å²) in [6.07, 6.45) is 6.24. The van der Waals surface area contributed by atoms with Crippen LogP contribution in [0.3, 0.4) is 0 Å². The Labute approximate surface area is 125 Å². The second-order valence-corrected chi connectivity index (χ2v) is 7.45. The van der Waals surface area contributed by atoms with Gasteiger partial charge in [-0.15, -0.1) is 0 Å². The minimum atomic E-state index is -0.170. The van der Waals surface area contributed by atoms with E-state index in [1.807, 2.05) is 0 Å². The van der Waals surface area contributed by atoms with E-state index in [1.54, 1.807) is 11.1 Å². The molecule has 1 rings (SSSR count). The Bertz CT molecular complexity index is 366. The predicted molar refractivity (Wildman–Crippen MR) is 84.5 cm³/mol. The predicted octanol–water partition coefficient (Wildman–Crippen LogP) is 5.13. The summed E-state index contributed by atoms with van der Waals surface area (Å²) in [5, 5.41) is 0. The van der Waals surface area contributed by atoms with Crippen LogP contribution in [0.25, 0.3) is 0 Å². The van der Waals surface area contributed by atoms with E-state index in [0.717, 1.165) is 6.42 Å². The molecule has 0 aromatic heterocycles. The maximum absolute atomic E-state index is 10.8. The summed E-state index contributed by atoms with van der Waals surface area (Å²) < 4.78 is 5.11. The molecule has 2 nitrogen and oxygen atoms in total. The fourth-order valence-corrected chi connectivity index (χ4v) is 3.57. The molecule has 1 aliphatic rings. The summed E-state index contributed by atoms with van der Waals surface area (Å²) in [7, 11) is 0. The molecule has 2 unspecified atom stereocenters. The summed E-state index contributed by atoms with van der Waals surface area (Å²) >= 11 is 0. The second kappa shape index (κ2) is 7.28. The number of ether oxygens (including phenoxy) is 1. The highest BCUT2D eigenvalue weighted by Gasteiger charge is 2.29. The van der Waals surface area contributed by atoms with Crippen LogP contribution < -0.4 is 0 Å². The lowest BCUT2D eigenvalue weighted by Crippen LogP contribution is -2.22. The van der Waals surface area contributed by atoms with Gasteiger partial charge in [-0.1, -0.05) is 38.8 Å². The maximum atomic E-state index is 10.8. The standard InChI is InChI=1S/C18H32O2/c1-13(10-14(2)12-20-16(4)19)11-17-15(3)8-7-9-18(17,5)6/h13-14H,7-12H2,1-6H3. The molecule has 20 heavy (non-hydrogen) atoms. The van der Waals surface area contributed by atoms with Gasteiger partial charge >= 0.3 is 5.97 Å². The smallest absolute Gasteiger partial charge is 0.302 e. The molecule has 0 spiro atoms. The van der Waals surface area contributed by atoms with Gasteiger partial charge in [0.15, 0.2) is 0 Å². The van der Waals surface area contributed by atoms with Gasteiger partial charge in [-0.25, -0.2) is 0 Å². The van der Waals surface area contributed by atoms with E-state index in [1.165, 1.54) is 32.6 Å². The van der Waals surface area contributed by atoms with Crippen molar-refractivity contribution >= 4 is 5.97 Å². The lowest BCUT2D eigenvalue weighted by atomic mass is 9.69. The van der Waals surface area contributed by atoms with E-state index in [2.05, 4.69) is 34.6 Å². The van der Waals surface area contributed by atoms with Gasteiger partial charge in [0, 0.05) is 6.92 Å². The first-order valence-electron chi connectivity index (χ1n) is 8.05. The van der Waals surface area contributed by atoms with Crippen molar-refractivity contribution in [3.05, 3.63) is 11.1 Å².